The first-order valence-corrected chi connectivity index (χ1v) is 5.16. The van der Waals surface area contributed by atoms with Crippen molar-refractivity contribution in [2.24, 2.45) is 0 Å². The molecule has 0 aliphatic rings. The minimum absolute atomic E-state index is 0.433. The zero-order valence-electron chi connectivity index (χ0n) is 8.14. The van der Waals surface area contributed by atoms with Gasteiger partial charge in [-0.1, -0.05) is 12.1 Å². The summed E-state index contributed by atoms with van der Waals surface area (Å²) in [5.41, 5.74) is 6.51. The summed E-state index contributed by atoms with van der Waals surface area (Å²) >= 11 is 3.45. The zero-order chi connectivity index (χ0) is 10.8. The van der Waals surface area contributed by atoms with Gasteiger partial charge in [0, 0.05) is 10.5 Å². The lowest BCUT2D eigenvalue weighted by Crippen LogP contribution is -2.00. The van der Waals surface area contributed by atoms with Gasteiger partial charge in [0.2, 0.25) is 5.88 Å². The van der Waals surface area contributed by atoms with Gasteiger partial charge in [-0.05, 0) is 28.1 Å². The van der Waals surface area contributed by atoms with E-state index in [9.17, 15) is 0 Å². The molecule has 0 saturated carbocycles. The predicted molar refractivity (Wildman–Crippen MR) is 62.2 cm³/mol. The summed E-state index contributed by atoms with van der Waals surface area (Å²) in [4.78, 5) is 0. The minimum atomic E-state index is 0.433. The largest absolute Gasteiger partial charge is 0.481 e. The molecule has 0 aliphatic carbocycles. The normalized spacial score (nSPS) is 10.3. The Balaban J connectivity index is 2.58. The molecule has 2 aromatic rings. The topological polar surface area (TPSA) is 53.1 Å². The number of nitrogen functional groups attached to an aromatic ring is 1. The fraction of sp³-hybridized carbons (Fsp3) is 0.100. The highest BCUT2D eigenvalue weighted by molar-refractivity contribution is 9.10. The second kappa shape index (κ2) is 3.94. The highest BCUT2D eigenvalue weighted by atomic mass is 79.9. The van der Waals surface area contributed by atoms with Crippen molar-refractivity contribution in [3.8, 4) is 11.6 Å². The summed E-state index contributed by atoms with van der Waals surface area (Å²) in [6.07, 6.45) is 0. The van der Waals surface area contributed by atoms with Crippen LogP contribution in [0.1, 0.15) is 0 Å². The van der Waals surface area contributed by atoms with Crippen LogP contribution in [0.3, 0.4) is 0 Å². The number of hydrogen-bond acceptors (Lipinski definition) is 3. The van der Waals surface area contributed by atoms with E-state index in [1.165, 1.54) is 0 Å². The van der Waals surface area contributed by atoms with Crippen molar-refractivity contribution in [2.45, 2.75) is 0 Å². The standard InChI is InChI=1S/C10H10BrN3O/c1-15-10-6-9(12)13-14(10)8-5-3-2-4-7(8)11/h2-6H,1H3,(H2,12,13). The molecule has 0 unspecified atom stereocenters. The molecule has 1 heterocycles. The molecule has 0 bridgehead atoms. The van der Waals surface area contributed by atoms with Crippen LogP contribution in [-0.4, -0.2) is 16.9 Å². The molecule has 0 saturated heterocycles. The van der Waals surface area contributed by atoms with Crippen LogP contribution in [-0.2, 0) is 0 Å². The fourth-order valence-corrected chi connectivity index (χ4v) is 1.78. The molecule has 0 atom stereocenters. The number of anilines is 1. The van der Waals surface area contributed by atoms with Crippen molar-refractivity contribution in [1.29, 1.82) is 0 Å². The monoisotopic (exact) mass is 267 g/mol. The molecule has 1 aromatic heterocycles. The van der Waals surface area contributed by atoms with Crippen molar-refractivity contribution >= 4 is 21.7 Å². The van der Waals surface area contributed by atoms with Crippen LogP contribution < -0.4 is 10.5 Å². The third-order valence-corrected chi connectivity index (χ3v) is 2.66. The number of nitrogens with zero attached hydrogens (tertiary/aromatic N) is 2. The summed E-state index contributed by atoms with van der Waals surface area (Å²) in [5, 5.41) is 4.15. The summed E-state index contributed by atoms with van der Waals surface area (Å²) in [6, 6.07) is 9.41. The number of aromatic nitrogens is 2. The predicted octanol–water partition coefficient (Wildman–Crippen LogP) is 2.23. The van der Waals surface area contributed by atoms with E-state index in [-0.39, 0.29) is 0 Å². The van der Waals surface area contributed by atoms with Crippen LogP contribution in [0.2, 0.25) is 0 Å². The Morgan fingerprint density at radius 1 is 1.40 bits per heavy atom. The number of ether oxygens (including phenoxy) is 1. The van der Waals surface area contributed by atoms with Gasteiger partial charge in [-0.25, -0.2) is 0 Å². The van der Waals surface area contributed by atoms with Crippen molar-refractivity contribution in [1.82, 2.24) is 9.78 Å². The summed E-state index contributed by atoms with van der Waals surface area (Å²) < 4.78 is 7.76. The van der Waals surface area contributed by atoms with Crippen LogP contribution in [0.5, 0.6) is 5.88 Å². The molecule has 0 radical (unpaired) electrons. The molecule has 5 heteroatoms. The van der Waals surface area contributed by atoms with E-state index in [0.717, 1.165) is 10.2 Å². The zero-order valence-corrected chi connectivity index (χ0v) is 9.73. The SMILES string of the molecule is COc1cc(N)nn1-c1ccccc1Br. The summed E-state index contributed by atoms with van der Waals surface area (Å²) in [6.45, 7) is 0. The lowest BCUT2D eigenvalue weighted by Gasteiger charge is -2.07. The van der Waals surface area contributed by atoms with Gasteiger partial charge in [-0.15, -0.1) is 5.10 Å². The van der Waals surface area contributed by atoms with Crippen LogP contribution in [0, 0.1) is 0 Å². The van der Waals surface area contributed by atoms with Gasteiger partial charge in [0.15, 0.2) is 0 Å². The molecule has 2 rings (SSSR count). The van der Waals surface area contributed by atoms with Crippen LogP contribution in [0.4, 0.5) is 5.82 Å². The first-order chi connectivity index (χ1) is 7.22. The molecule has 15 heavy (non-hydrogen) atoms. The van der Waals surface area contributed by atoms with Crippen molar-refractivity contribution < 1.29 is 4.74 Å². The van der Waals surface area contributed by atoms with E-state index in [1.807, 2.05) is 24.3 Å². The smallest absolute Gasteiger partial charge is 0.218 e. The number of rotatable bonds is 2. The molecule has 4 nitrogen and oxygen atoms in total. The Kier molecular flexibility index (Phi) is 2.64. The van der Waals surface area contributed by atoms with Gasteiger partial charge in [0.1, 0.15) is 5.82 Å². The lowest BCUT2D eigenvalue weighted by molar-refractivity contribution is 0.383. The number of methoxy groups -OCH3 is 1. The maximum atomic E-state index is 5.62. The van der Waals surface area contributed by atoms with Crippen LogP contribution >= 0.6 is 15.9 Å². The van der Waals surface area contributed by atoms with Crippen LogP contribution in [0.15, 0.2) is 34.8 Å². The highest BCUT2D eigenvalue weighted by Crippen LogP contribution is 2.25. The Morgan fingerprint density at radius 3 is 2.80 bits per heavy atom. The Labute approximate surface area is 95.8 Å². The van der Waals surface area contributed by atoms with E-state index < -0.39 is 0 Å². The van der Waals surface area contributed by atoms with E-state index in [1.54, 1.807) is 17.9 Å². The number of para-hydroxylation sites is 1. The van der Waals surface area contributed by atoms with Crippen molar-refractivity contribution in [3.63, 3.8) is 0 Å². The molecular formula is C10H10BrN3O. The van der Waals surface area contributed by atoms with E-state index in [0.29, 0.717) is 11.7 Å². The average molecular weight is 268 g/mol. The van der Waals surface area contributed by atoms with Gasteiger partial charge in [0.05, 0.1) is 12.8 Å². The number of nitrogens with two attached hydrogens (primary N) is 1. The van der Waals surface area contributed by atoms with Crippen LogP contribution in [0.25, 0.3) is 5.69 Å². The Morgan fingerprint density at radius 2 is 2.13 bits per heavy atom. The van der Waals surface area contributed by atoms with E-state index in [4.69, 9.17) is 10.5 Å². The van der Waals surface area contributed by atoms with Crippen molar-refractivity contribution in [2.75, 3.05) is 12.8 Å². The molecular weight excluding hydrogens is 258 g/mol. The molecule has 0 amide bonds. The second-order valence-corrected chi connectivity index (χ2v) is 3.83. The average Bonchev–Trinajstić information content (AvgIpc) is 2.60. The molecule has 0 fully saturated rings. The minimum Gasteiger partial charge on any atom is -0.481 e. The maximum absolute atomic E-state index is 5.62. The van der Waals surface area contributed by atoms with E-state index in [2.05, 4.69) is 21.0 Å². The molecule has 0 aliphatic heterocycles. The lowest BCUT2D eigenvalue weighted by atomic mass is 10.3. The first-order valence-electron chi connectivity index (χ1n) is 4.37. The van der Waals surface area contributed by atoms with Gasteiger partial charge >= 0.3 is 0 Å². The van der Waals surface area contributed by atoms with Gasteiger partial charge in [-0.3, -0.25) is 0 Å². The van der Waals surface area contributed by atoms with Gasteiger partial charge in [-0.2, -0.15) is 4.68 Å². The van der Waals surface area contributed by atoms with Gasteiger partial charge in [0.25, 0.3) is 0 Å². The third kappa shape index (κ3) is 1.83. The fourth-order valence-electron chi connectivity index (χ4n) is 1.32. The summed E-state index contributed by atoms with van der Waals surface area (Å²) in [7, 11) is 1.59. The molecule has 0 spiro atoms. The highest BCUT2D eigenvalue weighted by Gasteiger charge is 2.09. The second-order valence-electron chi connectivity index (χ2n) is 2.97. The molecule has 1 aromatic carbocycles. The van der Waals surface area contributed by atoms with Gasteiger partial charge < -0.3 is 10.5 Å². The number of halogens is 1. The first kappa shape index (κ1) is 10.0. The van der Waals surface area contributed by atoms with Crippen molar-refractivity contribution in [3.05, 3.63) is 34.8 Å². The third-order valence-electron chi connectivity index (χ3n) is 1.99. The number of benzene rings is 1. The quantitative estimate of drug-likeness (QED) is 0.908. The molecule has 2 N–H and O–H groups in total. The molecule has 78 valence electrons. The Bertz CT molecular complexity index is 481. The Hall–Kier alpha value is -1.49. The van der Waals surface area contributed by atoms with E-state index >= 15 is 0 Å². The number of hydrogen-bond donors (Lipinski definition) is 1. The maximum Gasteiger partial charge on any atom is 0.218 e. The summed E-state index contributed by atoms with van der Waals surface area (Å²) in [5.74, 6) is 1.04.